The molecule has 168 valence electrons. The molecule has 0 unspecified atom stereocenters. The Labute approximate surface area is 192 Å². The SMILES string of the molecule is O=C(CN(c1ccc(Cl)c(Cl)c1)S(=O)(=O)c1ccccc1)NCCCN1CCOCC1. The number of sulfonamides is 1. The highest BCUT2D eigenvalue weighted by Gasteiger charge is 2.27. The molecule has 31 heavy (non-hydrogen) atoms. The van der Waals surface area contributed by atoms with Crippen LogP contribution in [0.1, 0.15) is 6.42 Å². The Hall–Kier alpha value is -1.84. The van der Waals surface area contributed by atoms with E-state index in [0.717, 1.165) is 43.6 Å². The normalized spacial score (nSPS) is 14.9. The van der Waals surface area contributed by atoms with E-state index in [2.05, 4.69) is 10.2 Å². The van der Waals surface area contributed by atoms with Crippen LogP contribution in [0.15, 0.2) is 53.4 Å². The van der Waals surface area contributed by atoms with E-state index in [1.165, 1.54) is 30.3 Å². The summed E-state index contributed by atoms with van der Waals surface area (Å²) < 4.78 is 32.9. The topological polar surface area (TPSA) is 79.0 Å². The van der Waals surface area contributed by atoms with Crippen molar-refractivity contribution in [2.45, 2.75) is 11.3 Å². The highest BCUT2D eigenvalue weighted by Crippen LogP contribution is 2.30. The molecular weight excluding hydrogens is 461 g/mol. The average Bonchev–Trinajstić information content (AvgIpc) is 2.78. The number of hydrogen-bond donors (Lipinski definition) is 1. The van der Waals surface area contributed by atoms with Crippen LogP contribution in [0.2, 0.25) is 10.0 Å². The maximum Gasteiger partial charge on any atom is 0.264 e. The van der Waals surface area contributed by atoms with Gasteiger partial charge in [0, 0.05) is 19.6 Å². The smallest absolute Gasteiger partial charge is 0.264 e. The van der Waals surface area contributed by atoms with Gasteiger partial charge in [0.2, 0.25) is 5.91 Å². The third kappa shape index (κ3) is 6.57. The molecule has 1 heterocycles. The molecule has 0 bridgehead atoms. The van der Waals surface area contributed by atoms with E-state index in [1.807, 2.05) is 0 Å². The summed E-state index contributed by atoms with van der Waals surface area (Å²) in [5.41, 5.74) is 0.265. The fourth-order valence-corrected chi connectivity index (χ4v) is 4.94. The molecule has 1 aliphatic heterocycles. The molecule has 1 saturated heterocycles. The number of nitrogens with zero attached hydrogens (tertiary/aromatic N) is 2. The van der Waals surface area contributed by atoms with Crippen LogP contribution in [0.4, 0.5) is 5.69 Å². The summed E-state index contributed by atoms with van der Waals surface area (Å²) >= 11 is 12.1. The summed E-state index contributed by atoms with van der Waals surface area (Å²) in [4.78, 5) is 15.0. The molecule has 1 amide bonds. The van der Waals surface area contributed by atoms with E-state index in [-0.39, 0.29) is 22.2 Å². The van der Waals surface area contributed by atoms with Gasteiger partial charge < -0.3 is 10.1 Å². The minimum atomic E-state index is -3.98. The summed E-state index contributed by atoms with van der Waals surface area (Å²) in [5, 5.41) is 3.32. The van der Waals surface area contributed by atoms with E-state index in [9.17, 15) is 13.2 Å². The molecule has 2 aromatic carbocycles. The number of anilines is 1. The van der Waals surface area contributed by atoms with Crippen molar-refractivity contribution in [3.63, 3.8) is 0 Å². The minimum absolute atomic E-state index is 0.0844. The van der Waals surface area contributed by atoms with E-state index < -0.39 is 15.9 Å². The van der Waals surface area contributed by atoms with Crippen LogP contribution in [0, 0.1) is 0 Å². The van der Waals surface area contributed by atoms with Gasteiger partial charge in [-0.3, -0.25) is 14.0 Å². The fourth-order valence-electron chi connectivity index (χ4n) is 3.22. The molecule has 0 aliphatic carbocycles. The second-order valence-electron chi connectivity index (χ2n) is 7.08. The molecule has 1 N–H and O–H groups in total. The number of benzene rings is 2. The van der Waals surface area contributed by atoms with Crippen LogP contribution < -0.4 is 9.62 Å². The quantitative estimate of drug-likeness (QED) is 0.552. The Morgan fingerprint density at radius 3 is 2.45 bits per heavy atom. The molecule has 3 rings (SSSR count). The molecule has 1 fully saturated rings. The maximum absolute atomic E-state index is 13.3. The number of ether oxygens (including phenoxy) is 1. The van der Waals surface area contributed by atoms with Crippen molar-refractivity contribution in [2.75, 3.05) is 50.2 Å². The monoisotopic (exact) mass is 485 g/mol. The molecule has 0 atom stereocenters. The highest BCUT2D eigenvalue weighted by atomic mass is 35.5. The molecule has 10 heteroatoms. The van der Waals surface area contributed by atoms with Gasteiger partial charge in [0.25, 0.3) is 10.0 Å². The summed E-state index contributed by atoms with van der Waals surface area (Å²) in [5.74, 6) is -0.396. The van der Waals surface area contributed by atoms with Crippen molar-refractivity contribution in [1.82, 2.24) is 10.2 Å². The van der Waals surface area contributed by atoms with Gasteiger partial charge in [-0.25, -0.2) is 8.42 Å². The van der Waals surface area contributed by atoms with E-state index in [0.29, 0.717) is 11.6 Å². The zero-order chi connectivity index (χ0) is 22.3. The molecule has 0 saturated carbocycles. The van der Waals surface area contributed by atoms with Crippen LogP contribution in [0.25, 0.3) is 0 Å². The number of hydrogen-bond acceptors (Lipinski definition) is 5. The van der Waals surface area contributed by atoms with Crippen LogP contribution in [-0.4, -0.2) is 65.2 Å². The van der Waals surface area contributed by atoms with Gasteiger partial charge in [-0.15, -0.1) is 0 Å². The minimum Gasteiger partial charge on any atom is -0.379 e. The lowest BCUT2D eigenvalue weighted by Gasteiger charge is -2.26. The number of morpholine rings is 1. The molecule has 0 aromatic heterocycles. The number of carbonyl (C=O) groups excluding carboxylic acids is 1. The Morgan fingerprint density at radius 1 is 1.06 bits per heavy atom. The van der Waals surface area contributed by atoms with Gasteiger partial charge >= 0.3 is 0 Å². The number of nitrogens with one attached hydrogen (secondary N) is 1. The molecule has 1 aliphatic rings. The van der Waals surface area contributed by atoms with Gasteiger partial charge in [0.05, 0.1) is 33.8 Å². The van der Waals surface area contributed by atoms with Gasteiger partial charge in [0.1, 0.15) is 6.54 Å². The van der Waals surface area contributed by atoms with Crippen molar-refractivity contribution in [3.8, 4) is 0 Å². The zero-order valence-electron chi connectivity index (χ0n) is 17.0. The van der Waals surface area contributed by atoms with Crippen molar-refractivity contribution >= 4 is 44.8 Å². The molecule has 2 aromatic rings. The molecule has 0 spiro atoms. The van der Waals surface area contributed by atoms with Gasteiger partial charge in [-0.1, -0.05) is 41.4 Å². The van der Waals surface area contributed by atoms with E-state index >= 15 is 0 Å². The van der Waals surface area contributed by atoms with Gasteiger partial charge in [-0.2, -0.15) is 0 Å². The van der Waals surface area contributed by atoms with Gasteiger partial charge in [-0.05, 0) is 43.3 Å². The third-order valence-corrected chi connectivity index (χ3v) is 7.41. The van der Waals surface area contributed by atoms with E-state index in [1.54, 1.807) is 18.2 Å². The van der Waals surface area contributed by atoms with Crippen LogP contribution in [0.5, 0.6) is 0 Å². The third-order valence-electron chi connectivity index (χ3n) is 4.89. The first-order valence-corrected chi connectivity index (χ1v) is 12.2. The lowest BCUT2D eigenvalue weighted by Crippen LogP contribution is -2.42. The Balaban J connectivity index is 1.69. The van der Waals surface area contributed by atoms with Gasteiger partial charge in [0.15, 0.2) is 0 Å². The number of rotatable bonds is 9. The number of amides is 1. The molecular formula is C21H25Cl2N3O4S. The summed E-state index contributed by atoms with van der Waals surface area (Å²) in [7, 11) is -3.98. The second kappa shape index (κ2) is 11.2. The van der Waals surface area contributed by atoms with Crippen molar-refractivity contribution < 1.29 is 17.9 Å². The van der Waals surface area contributed by atoms with Crippen LogP contribution in [0.3, 0.4) is 0 Å². The average molecular weight is 486 g/mol. The predicted octanol–water partition coefficient (Wildman–Crippen LogP) is 3.03. The van der Waals surface area contributed by atoms with Crippen molar-refractivity contribution in [3.05, 3.63) is 58.6 Å². The Kier molecular flexibility index (Phi) is 8.57. The molecule has 7 nitrogen and oxygen atoms in total. The first-order chi connectivity index (χ1) is 14.9. The Bertz CT molecular complexity index is 983. The zero-order valence-corrected chi connectivity index (χ0v) is 19.3. The number of carbonyl (C=O) groups is 1. The lowest BCUT2D eigenvalue weighted by atomic mass is 10.3. The van der Waals surface area contributed by atoms with Crippen LogP contribution >= 0.6 is 23.2 Å². The van der Waals surface area contributed by atoms with Crippen LogP contribution in [-0.2, 0) is 19.6 Å². The Morgan fingerprint density at radius 2 is 1.77 bits per heavy atom. The van der Waals surface area contributed by atoms with E-state index in [4.69, 9.17) is 27.9 Å². The fraction of sp³-hybridized carbons (Fsp3) is 0.381. The number of halogens is 2. The summed E-state index contributed by atoms with van der Waals surface area (Å²) in [6.07, 6.45) is 0.768. The highest BCUT2D eigenvalue weighted by molar-refractivity contribution is 7.92. The maximum atomic E-state index is 13.3. The second-order valence-corrected chi connectivity index (χ2v) is 9.76. The first kappa shape index (κ1) is 23.8. The first-order valence-electron chi connectivity index (χ1n) is 9.97. The lowest BCUT2D eigenvalue weighted by molar-refractivity contribution is -0.119. The summed E-state index contributed by atoms with van der Waals surface area (Å²) in [6, 6.07) is 12.4. The van der Waals surface area contributed by atoms with Crippen molar-refractivity contribution in [1.29, 1.82) is 0 Å². The predicted molar refractivity (Wildman–Crippen MR) is 122 cm³/mol. The standard InChI is InChI=1S/C21H25Cl2N3O4S/c22-19-8-7-17(15-20(19)23)26(31(28,29)18-5-2-1-3-6-18)16-21(27)24-9-4-10-25-11-13-30-14-12-25/h1-3,5-8,15H,4,9-14,16H2,(H,24,27). The summed E-state index contributed by atoms with van der Waals surface area (Å²) in [6.45, 7) is 4.15. The molecule has 0 radical (unpaired) electrons. The van der Waals surface area contributed by atoms with Crippen molar-refractivity contribution in [2.24, 2.45) is 0 Å². The largest absolute Gasteiger partial charge is 0.379 e.